The predicted molar refractivity (Wildman–Crippen MR) is 78.0 cm³/mol. The van der Waals surface area contributed by atoms with Crippen LogP contribution < -0.4 is 25.3 Å². The average Bonchev–Trinajstić information content (AvgIpc) is 2.49. The molecule has 0 aliphatic carbocycles. The molecule has 0 spiro atoms. The van der Waals surface area contributed by atoms with Crippen LogP contribution in [0, 0.1) is 0 Å². The molecule has 1 heterocycles. The van der Waals surface area contributed by atoms with Crippen molar-refractivity contribution in [3.8, 4) is 17.4 Å². The number of rotatable bonds is 5. The van der Waals surface area contributed by atoms with Crippen LogP contribution in [0.1, 0.15) is 0 Å². The number of hydrogen-bond acceptors (Lipinski definition) is 6. The van der Waals surface area contributed by atoms with Crippen molar-refractivity contribution in [2.45, 2.75) is 0 Å². The van der Waals surface area contributed by atoms with Crippen molar-refractivity contribution in [3.05, 3.63) is 30.3 Å². The highest BCUT2D eigenvalue weighted by Gasteiger charge is 2.09. The molecule has 2 aromatic rings. The minimum atomic E-state index is 0.476. The number of nitrogen functional groups attached to an aromatic ring is 1. The normalized spacial score (nSPS) is 9.95. The summed E-state index contributed by atoms with van der Waals surface area (Å²) >= 11 is 0. The molecular weight excluding hydrogens is 258 g/mol. The molecule has 3 N–H and O–H groups in total. The number of nitrogens with one attached hydrogen (secondary N) is 1. The number of anilines is 3. The van der Waals surface area contributed by atoms with Gasteiger partial charge in [0.1, 0.15) is 11.5 Å². The lowest BCUT2D eigenvalue weighted by molar-refractivity contribution is 0.398. The highest BCUT2D eigenvalue weighted by atomic mass is 16.5. The van der Waals surface area contributed by atoms with Gasteiger partial charge in [-0.3, -0.25) is 0 Å². The maximum Gasteiger partial charge on any atom is 0.215 e. The molecule has 0 atom stereocenters. The van der Waals surface area contributed by atoms with Crippen molar-refractivity contribution in [2.75, 3.05) is 32.4 Å². The molecule has 1 aromatic heterocycles. The Bertz CT molecular complexity index is 602. The maximum absolute atomic E-state index is 5.90. The number of aromatic nitrogens is 1. The molecule has 0 aliphatic rings. The Kier molecular flexibility index (Phi) is 4.14. The first-order valence-electron chi connectivity index (χ1n) is 5.97. The monoisotopic (exact) mass is 275 g/mol. The van der Waals surface area contributed by atoms with Gasteiger partial charge >= 0.3 is 0 Å². The number of hydrogen-bond donors (Lipinski definition) is 2. The second-order valence-corrected chi connectivity index (χ2v) is 3.98. The number of nitrogens with zero attached hydrogens (tertiary/aromatic N) is 1. The third kappa shape index (κ3) is 2.85. The van der Waals surface area contributed by atoms with Crippen molar-refractivity contribution in [3.63, 3.8) is 0 Å². The minimum Gasteiger partial charge on any atom is -0.497 e. The lowest BCUT2D eigenvalue weighted by atomic mass is 10.2. The van der Waals surface area contributed by atoms with E-state index in [1.807, 2.05) is 6.07 Å². The Balaban J connectivity index is 2.38. The fourth-order valence-corrected chi connectivity index (χ4v) is 1.71. The highest BCUT2D eigenvalue weighted by Crippen LogP contribution is 2.33. The van der Waals surface area contributed by atoms with E-state index in [1.165, 1.54) is 0 Å². The van der Waals surface area contributed by atoms with Crippen LogP contribution in [0.5, 0.6) is 17.4 Å². The SMILES string of the molecule is COc1ccc(OC)c(Nc2nc(OC)ccc2N)c1. The number of nitrogens with two attached hydrogens (primary N) is 1. The molecule has 0 saturated carbocycles. The number of ether oxygens (including phenoxy) is 3. The topological polar surface area (TPSA) is 78.6 Å². The summed E-state index contributed by atoms with van der Waals surface area (Å²) in [4.78, 5) is 4.26. The number of methoxy groups -OCH3 is 3. The van der Waals surface area contributed by atoms with E-state index in [2.05, 4.69) is 10.3 Å². The van der Waals surface area contributed by atoms with Gasteiger partial charge in [-0.1, -0.05) is 0 Å². The van der Waals surface area contributed by atoms with Crippen LogP contribution in [0.15, 0.2) is 30.3 Å². The number of benzene rings is 1. The fourth-order valence-electron chi connectivity index (χ4n) is 1.71. The average molecular weight is 275 g/mol. The van der Waals surface area contributed by atoms with Crippen LogP contribution in [0.2, 0.25) is 0 Å². The molecular formula is C14H17N3O3. The summed E-state index contributed by atoms with van der Waals surface area (Å²) in [5, 5.41) is 3.12. The van der Waals surface area contributed by atoms with Crippen LogP contribution >= 0.6 is 0 Å². The molecule has 2 rings (SSSR count). The Morgan fingerprint density at radius 1 is 1.00 bits per heavy atom. The quantitative estimate of drug-likeness (QED) is 0.872. The number of pyridine rings is 1. The summed E-state index contributed by atoms with van der Waals surface area (Å²) in [5.74, 6) is 2.34. The van der Waals surface area contributed by atoms with Crippen molar-refractivity contribution in [1.82, 2.24) is 4.98 Å². The van der Waals surface area contributed by atoms with E-state index in [4.69, 9.17) is 19.9 Å². The summed E-state index contributed by atoms with van der Waals surface area (Å²) in [6.45, 7) is 0. The molecule has 0 aliphatic heterocycles. The Hall–Kier alpha value is -2.63. The van der Waals surface area contributed by atoms with Gasteiger partial charge in [-0.15, -0.1) is 0 Å². The molecule has 0 saturated heterocycles. The highest BCUT2D eigenvalue weighted by molar-refractivity contribution is 5.73. The second kappa shape index (κ2) is 6.01. The van der Waals surface area contributed by atoms with E-state index in [-0.39, 0.29) is 0 Å². The van der Waals surface area contributed by atoms with Gasteiger partial charge < -0.3 is 25.3 Å². The van der Waals surface area contributed by atoms with Crippen LogP contribution in [-0.2, 0) is 0 Å². The van der Waals surface area contributed by atoms with E-state index in [0.29, 0.717) is 34.6 Å². The molecule has 106 valence electrons. The van der Waals surface area contributed by atoms with E-state index in [1.54, 1.807) is 45.6 Å². The van der Waals surface area contributed by atoms with Gasteiger partial charge in [0.2, 0.25) is 5.88 Å². The molecule has 1 aromatic carbocycles. The molecule has 0 unspecified atom stereocenters. The summed E-state index contributed by atoms with van der Waals surface area (Å²) in [6.07, 6.45) is 0. The van der Waals surface area contributed by atoms with Gasteiger partial charge in [-0.25, -0.2) is 0 Å². The van der Waals surface area contributed by atoms with E-state index >= 15 is 0 Å². The van der Waals surface area contributed by atoms with Crippen LogP contribution in [0.3, 0.4) is 0 Å². The lowest BCUT2D eigenvalue weighted by Gasteiger charge is -2.14. The van der Waals surface area contributed by atoms with Gasteiger partial charge in [0, 0.05) is 12.1 Å². The molecule has 0 bridgehead atoms. The first kappa shape index (κ1) is 13.8. The molecule has 0 amide bonds. The van der Waals surface area contributed by atoms with Crippen molar-refractivity contribution in [2.24, 2.45) is 0 Å². The zero-order chi connectivity index (χ0) is 14.5. The zero-order valence-corrected chi connectivity index (χ0v) is 11.6. The standard InChI is InChI=1S/C14H17N3O3/c1-18-9-4-6-12(19-2)11(8-9)16-14-10(15)5-7-13(17-14)20-3/h4-8H,15H2,1-3H3,(H,16,17). The first-order chi connectivity index (χ1) is 9.67. The summed E-state index contributed by atoms with van der Waals surface area (Å²) in [6, 6.07) is 8.84. The first-order valence-corrected chi connectivity index (χ1v) is 5.97. The van der Waals surface area contributed by atoms with Gasteiger partial charge in [-0.2, -0.15) is 4.98 Å². The third-order valence-electron chi connectivity index (χ3n) is 2.77. The molecule has 6 nitrogen and oxygen atoms in total. The van der Waals surface area contributed by atoms with E-state index in [0.717, 1.165) is 0 Å². The molecule has 0 fully saturated rings. The third-order valence-corrected chi connectivity index (χ3v) is 2.77. The van der Waals surface area contributed by atoms with Crippen molar-refractivity contribution >= 4 is 17.2 Å². The van der Waals surface area contributed by atoms with Crippen LogP contribution in [-0.4, -0.2) is 26.3 Å². The summed E-state index contributed by atoms with van der Waals surface area (Å²) in [5.41, 5.74) is 7.12. The van der Waals surface area contributed by atoms with Crippen LogP contribution in [0.25, 0.3) is 0 Å². The molecule has 0 radical (unpaired) electrons. The largest absolute Gasteiger partial charge is 0.497 e. The van der Waals surface area contributed by atoms with E-state index < -0.39 is 0 Å². The van der Waals surface area contributed by atoms with Gasteiger partial charge in [0.05, 0.1) is 32.7 Å². The Morgan fingerprint density at radius 2 is 1.80 bits per heavy atom. The Morgan fingerprint density at radius 3 is 2.45 bits per heavy atom. The fraction of sp³-hybridized carbons (Fsp3) is 0.214. The Labute approximate surface area is 117 Å². The summed E-state index contributed by atoms with van der Waals surface area (Å²) < 4.78 is 15.6. The maximum atomic E-state index is 5.90. The van der Waals surface area contributed by atoms with Gasteiger partial charge in [0.25, 0.3) is 0 Å². The van der Waals surface area contributed by atoms with Crippen LogP contribution in [0.4, 0.5) is 17.2 Å². The van der Waals surface area contributed by atoms with Gasteiger partial charge in [-0.05, 0) is 18.2 Å². The zero-order valence-electron chi connectivity index (χ0n) is 11.6. The van der Waals surface area contributed by atoms with Crippen molar-refractivity contribution < 1.29 is 14.2 Å². The van der Waals surface area contributed by atoms with Gasteiger partial charge in [0.15, 0.2) is 5.82 Å². The smallest absolute Gasteiger partial charge is 0.215 e. The lowest BCUT2D eigenvalue weighted by Crippen LogP contribution is -2.02. The summed E-state index contributed by atoms with van der Waals surface area (Å²) in [7, 11) is 4.74. The van der Waals surface area contributed by atoms with Crippen molar-refractivity contribution in [1.29, 1.82) is 0 Å². The molecule has 20 heavy (non-hydrogen) atoms. The molecule has 6 heteroatoms. The van der Waals surface area contributed by atoms with E-state index in [9.17, 15) is 0 Å². The predicted octanol–water partition coefficient (Wildman–Crippen LogP) is 2.43. The minimum absolute atomic E-state index is 0.476. The second-order valence-electron chi connectivity index (χ2n) is 3.98.